The number of phenolic OH excluding ortho intramolecular Hbond substituents is 1. The third kappa shape index (κ3) is 2.47. The molecule has 0 aromatic heterocycles. The van der Waals surface area contributed by atoms with Gasteiger partial charge in [-0.25, -0.2) is 0 Å². The van der Waals surface area contributed by atoms with E-state index < -0.39 is 0 Å². The number of anilines is 1. The van der Waals surface area contributed by atoms with Crippen LogP contribution in [0.4, 0.5) is 5.69 Å². The fraction of sp³-hybridized carbons (Fsp3) is 0.538. The topological polar surface area (TPSA) is 52.9 Å². The summed E-state index contributed by atoms with van der Waals surface area (Å²) in [6, 6.07) is 5.50. The van der Waals surface area contributed by atoms with Crippen molar-refractivity contribution >= 4 is 5.69 Å². The van der Waals surface area contributed by atoms with Gasteiger partial charge < -0.3 is 19.8 Å². The summed E-state index contributed by atoms with van der Waals surface area (Å²) >= 11 is 0. The van der Waals surface area contributed by atoms with Crippen molar-refractivity contribution in [1.29, 1.82) is 0 Å². The van der Waals surface area contributed by atoms with Crippen LogP contribution in [0.15, 0.2) is 18.2 Å². The Morgan fingerprint density at radius 3 is 2.94 bits per heavy atom. The largest absolute Gasteiger partial charge is 0.504 e. The lowest BCUT2D eigenvalue weighted by atomic mass is 10.0. The van der Waals surface area contributed by atoms with E-state index in [2.05, 4.69) is 4.90 Å². The highest BCUT2D eigenvalue weighted by Crippen LogP contribution is 2.33. The van der Waals surface area contributed by atoms with Crippen LogP contribution in [0.25, 0.3) is 0 Å². The van der Waals surface area contributed by atoms with Gasteiger partial charge in [-0.1, -0.05) is 0 Å². The monoisotopic (exact) mass is 237 g/mol. The molecule has 1 aromatic rings. The number of nitrogens with zero attached hydrogens (tertiary/aromatic N) is 1. The van der Waals surface area contributed by atoms with Gasteiger partial charge >= 0.3 is 0 Å². The van der Waals surface area contributed by atoms with Crippen molar-refractivity contribution in [2.45, 2.75) is 25.3 Å². The summed E-state index contributed by atoms with van der Waals surface area (Å²) in [6.07, 6.45) is 3.32. The molecule has 2 rings (SSSR count). The first-order valence-electron chi connectivity index (χ1n) is 6.00. The van der Waals surface area contributed by atoms with Crippen molar-refractivity contribution in [3.63, 3.8) is 0 Å². The third-order valence-corrected chi connectivity index (χ3v) is 3.33. The fourth-order valence-electron chi connectivity index (χ4n) is 2.38. The van der Waals surface area contributed by atoms with E-state index in [1.807, 2.05) is 12.1 Å². The Hall–Kier alpha value is -1.42. The number of piperidine rings is 1. The van der Waals surface area contributed by atoms with Crippen LogP contribution in [0.5, 0.6) is 11.5 Å². The number of hydrogen-bond donors (Lipinski definition) is 2. The minimum atomic E-state index is 0.147. The van der Waals surface area contributed by atoms with E-state index >= 15 is 0 Å². The molecule has 1 atom stereocenters. The van der Waals surface area contributed by atoms with Crippen molar-refractivity contribution in [2.24, 2.45) is 0 Å². The Morgan fingerprint density at radius 2 is 2.24 bits per heavy atom. The van der Waals surface area contributed by atoms with Crippen molar-refractivity contribution in [1.82, 2.24) is 0 Å². The van der Waals surface area contributed by atoms with Gasteiger partial charge in [-0.15, -0.1) is 0 Å². The zero-order valence-corrected chi connectivity index (χ0v) is 10.1. The summed E-state index contributed by atoms with van der Waals surface area (Å²) in [5, 5.41) is 18.9. The fourth-order valence-corrected chi connectivity index (χ4v) is 2.38. The number of aliphatic hydroxyl groups is 1. The number of ether oxygens (including phenoxy) is 1. The molecule has 0 saturated carbocycles. The molecule has 1 heterocycles. The lowest BCUT2D eigenvalue weighted by Gasteiger charge is -2.36. The summed E-state index contributed by atoms with van der Waals surface area (Å²) in [5.41, 5.74) is 0.999. The summed E-state index contributed by atoms with van der Waals surface area (Å²) < 4.78 is 5.11. The highest BCUT2D eigenvalue weighted by molar-refractivity contribution is 5.56. The smallest absolute Gasteiger partial charge is 0.162 e. The van der Waals surface area contributed by atoms with Crippen LogP contribution >= 0.6 is 0 Å². The molecule has 0 radical (unpaired) electrons. The molecule has 0 spiro atoms. The standard InChI is InChI=1S/C13H19NO3/c1-17-13-8-10(5-6-12(13)16)14-7-3-2-4-11(14)9-15/h5-6,8,11,15-16H,2-4,7,9H2,1H3. The van der Waals surface area contributed by atoms with E-state index in [1.165, 1.54) is 0 Å². The highest BCUT2D eigenvalue weighted by atomic mass is 16.5. The average Bonchev–Trinajstić information content (AvgIpc) is 2.39. The maximum atomic E-state index is 9.56. The number of rotatable bonds is 3. The van der Waals surface area contributed by atoms with Crippen LogP contribution in [0.3, 0.4) is 0 Å². The van der Waals surface area contributed by atoms with Crippen LogP contribution in [0, 0.1) is 0 Å². The Bertz CT molecular complexity index is 381. The molecule has 1 unspecified atom stereocenters. The number of hydrogen-bond acceptors (Lipinski definition) is 4. The highest BCUT2D eigenvalue weighted by Gasteiger charge is 2.22. The van der Waals surface area contributed by atoms with Gasteiger partial charge in [-0.05, 0) is 31.4 Å². The van der Waals surface area contributed by atoms with Crippen molar-refractivity contribution < 1.29 is 14.9 Å². The molecule has 0 aliphatic carbocycles. The van der Waals surface area contributed by atoms with Crippen LogP contribution in [0.2, 0.25) is 0 Å². The van der Waals surface area contributed by atoms with E-state index in [9.17, 15) is 10.2 Å². The Morgan fingerprint density at radius 1 is 1.41 bits per heavy atom. The van der Waals surface area contributed by atoms with Gasteiger partial charge in [0.15, 0.2) is 11.5 Å². The molecule has 17 heavy (non-hydrogen) atoms. The lowest BCUT2D eigenvalue weighted by Crippen LogP contribution is -2.41. The maximum Gasteiger partial charge on any atom is 0.162 e. The molecule has 4 heteroatoms. The van der Waals surface area contributed by atoms with E-state index in [0.29, 0.717) is 5.75 Å². The van der Waals surface area contributed by atoms with Gasteiger partial charge in [0.1, 0.15) is 0 Å². The Kier molecular flexibility index (Phi) is 3.74. The van der Waals surface area contributed by atoms with E-state index in [4.69, 9.17) is 4.74 Å². The zero-order valence-electron chi connectivity index (χ0n) is 10.1. The van der Waals surface area contributed by atoms with Gasteiger partial charge in [0.05, 0.1) is 19.8 Å². The van der Waals surface area contributed by atoms with Crippen LogP contribution in [-0.2, 0) is 0 Å². The second-order valence-electron chi connectivity index (χ2n) is 4.38. The van der Waals surface area contributed by atoms with E-state index in [-0.39, 0.29) is 18.4 Å². The third-order valence-electron chi connectivity index (χ3n) is 3.33. The Balaban J connectivity index is 2.25. The second-order valence-corrected chi connectivity index (χ2v) is 4.38. The minimum absolute atomic E-state index is 0.147. The molecule has 1 fully saturated rings. The Labute approximate surface area is 101 Å². The molecule has 1 aromatic carbocycles. The quantitative estimate of drug-likeness (QED) is 0.841. The summed E-state index contributed by atoms with van der Waals surface area (Å²) in [4.78, 5) is 2.19. The van der Waals surface area contributed by atoms with Gasteiger partial charge in [-0.2, -0.15) is 0 Å². The van der Waals surface area contributed by atoms with Crippen molar-refractivity contribution in [3.05, 3.63) is 18.2 Å². The van der Waals surface area contributed by atoms with Gasteiger partial charge in [0.25, 0.3) is 0 Å². The van der Waals surface area contributed by atoms with Crippen LogP contribution in [-0.4, -0.2) is 36.5 Å². The molecule has 0 amide bonds. The van der Waals surface area contributed by atoms with Crippen molar-refractivity contribution in [2.75, 3.05) is 25.2 Å². The molecular weight excluding hydrogens is 218 g/mol. The van der Waals surface area contributed by atoms with Crippen LogP contribution < -0.4 is 9.64 Å². The first kappa shape index (κ1) is 12.0. The SMILES string of the molecule is COc1cc(N2CCCCC2CO)ccc1O. The molecule has 4 nitrogen and oxygen atoms in total. The van der Waals surface area contributed by atoms with Crippen molar-refractivity contribution in [3.8, 4) is 11.5 Å². The lowest BCUT2D eigenvalue weighted by molar-refractivity contribution is 0.240. The minimum Gasteiger partial charge on any atom is -0.504 e. The van der Waals surface area contributed by atoms with Crippen LogP contribution in [0.1, 0.15) is 19.3 Å². The summed E-state index contributed by atoms with van der Waals surface area (Å²) in [7, 11) is 1.54. The molecule has 94 valence electrons. The molecule has 1 aliphatic heterocycles. The first-order valence-corrected chi connectivity index (χ1v) is 6.00. The van der Waals surface area contributed by atoms with Gasteiger partial charge in [-0.3, -0.25) is 0 Å². The second kappa shape index (κ2) is 5.27. The first-order chi connectivity index (χ1) is 8.26. The summed E-state index contributed by atoms with van der Waals surface area (Å²) in [6.45, 7) is 1.11. The zero-order chi connectivity index (χ0) is 12.3. The van der Waals surface area contributed by atoms with Gasteiger partial charge in [0.2, 0.25) is 0 Å². The van der Waals surface area contributed by atoms with E-state index in [1.54, 1.807) is 13.2 Å². The number of aliphatic hydroxyl groups excluding tert-OH is 1. The van der Waals surface area contributed by atoms with E-state index in [0.717, 1.165) is 31.5 Å². The number of phenols is 1. The van der Waals surface area contributed by atoms with Gasteiger partial charge in [0, 0.05) is 18.3 Å². The molecular formula is C13H19NO3. The molecule has 1 saturated heterocycles. The molecule has 2 N–H and O–H groups in total. The number of aromatic hydroxyl groups is 1. The molecule has 1 aliphatic rings. The molecule has 0 bridgehead atoms. The number of benzene rings is 1. The number of methoxy groups -OCH3 is 1. The predicted molar refractivity (Wildman–Crippen MR) is 66.7 cm³/mol. The maximum absolute atomic E-state index is 9.56. The summed E-state index contributed by atoms with van der Waals surface area (Å²) in [5.74, 6) is 0.624. The predicted octanol–water partition coefficient (Wildman–Crippen LogP) is 1.75. The normalized spacial score (nSPS) is 20.4. The average molecular weight is 237 g/mol.